The molecule has 0 radical (unpaired) electrons. The van der Waals surface area contributed by atoms with Crippen molar-refractivity contribution in [3.05, 3.63) is 35.9 Å². The van der Waals surface area contributed by atoms with Gasteiger partial charge in [-0.15, -0.1) is 0 Å². The van der Waals surface area contributed by atoms with E-state index >= 15 is 0 Å². The van der Waals surface area contributed by atoms with E-state index in [0.29, 0.717) is 18.4 Å². The number of benzene rings is 1. The summed E-state index contributed by atoms with van der Waals surface area (Å²) in [6.07, 6.45) is 1.28. The molecule has 9 heteroatoms. The number of hydrogen-bond acceptors (Lipinski definition) is 4. The van der Waals surface area contributed by atoms with E-state index < -0.39 is 23.1 Å². The Hall–Kier alpha value is -0.290. The molecule has 24 heavy (non-hydrogen) atoms. The molecular weight excluding hydrogens is 396 g/mol. The molecule has 1 rings (SSSR count). The van der Waals surface area contributed by atoms with E-state index in [1.165, 1.54) is 0 Å². The standard InChI is InChI=1S/C15H21Cl3NO4P/c1-3-10-22-24(21,23-11-4-2)13(12-8-6-5-7-9-12)19-14(20)15(16,17)18/h5-9,13H,3-4,10-11H2,1-2H3,(H,19,20)/t13-/m0/s1. The molecular formula is C15H21Cl3NO4P. The van der Waals surface area contributed by atoms with Gasteiger partial charge < -0.3 is 14.4 Å². The minimum absolute atomic E-state index is 0.216. The fraction of sp³-hybridized carbons (Fsp3) is 0.533. The van der Waals surface area contributed by atoms with Crippen LogP contribution in [0.25, 0.3) is 0 Å². The third kappa shape index (κ3) is 6.55. The van der Waals surface area contributed by atoms with Gasteiger partial charge in [-0.2, -0.15) is 0 Å². The molecule has 1 N–H and O–H groups in total. The minimum atomic E-state index is -3.72. The Morgan fingerprint density at radius 2 is 1.62 bits per heavy atom. The highest BCUT2D eigenvalue weighted by molar-refractivity contribution is 7.54. The Labute approximate surface area is 157 Å². The Bertz CT molecular complexity index is 554. The average molecular weight is 417 g/mol. The van der Waals surface area contributed by atoms with Gasteiger partial charge in [0, 0.05) is 0 Å². The lowest BCUT2D eigenvalue weighted by atomic mass is 10.2. The van der Waals surface area contributed by atoms with Crippen molar-refractivity contribution >= 4 is 48.3 Å². The smallest absolute Gasteiger partial charge is 0.335 e. The van der Waals surface area contributed by atoms with Gasteiger partial charge in [0.25, 0.3) is 9.70 Å². The zero-order valence-corrected chi connectivity index (χ0v) is 16.7. The topological polar surface area (TPSA) is 64.6 Å². The molecule has 0 spiro atoms. The second kappa shape index (κ2) is 10.0. The SMILES string of the molecule is CCCOP(=O)(OCCC)[C@H](NC(=O)C(Cl)(Cl)Cl)c1ccccc1. The maximum atomic E-state index is 13.3. The predicted molar refractivity (Wildman–Crippen MR) is 97.7 cm³/mol. The van der Waals surface area contributed by atoms with Crippen molar-refractivity contribution in [2.24, 2.45) is 0 Å². The molecule has 0 saturated heterocycles. The number of rotatable bonds is 9. The molecule has 5 nitrogen and oxygen atoms in total. The first-order valence-electron chi connectivity index (χ1n) is 7.56. The maximum Gasteiger partial charge on any atom is 0.357 e. The Balaban J connectivity index is 3.21. The fourth-order valence-corrected chi connectivity index (χ4v) is 4.03. The maximum absolute atomic E-state index is 13.3. The minimum Gasteiger partial charge on any atom is -0.335 e. The van der Waals surface area contributed by atoms with Crippen LogP contribution in [-0.2, 0) is 18.4 Å². The number of nitrogens with one attached hydrogen (secondary N) is 1. The number of hydrogen-bond donors (Lipinski definition) is 1. The summed E-state index contributed by atoms with van der Waals surface area (Å²) in [5.41, 5.74) is 0.538. The van der Waals surface area contributed by atoms with E-state index in [4.69, 9.17) is 43.9 Å². The molecule has 0 bridgehead atoms. The van der Waals surface area contributed by atoms with Crippen molar-refractivity contribution in [1.29, 1.82) is 0 Å². The van der Waals surface area contributed by atoms with E-state index in [9.17, 15) is 9.36 Å². The summed E-state index contributed by atoms with van der Waals surface area (Å²) in [5.74, 6) is -1.97. The van der Waals surface area contributed by atoms with E-state index in [0.717, 1.165) is 0 Å². The lowest BCUT2D eigenvalue weighted by Gasteiger charge is -2.29. The van der Waals surface area contributed by atoms with Gasteiger partial charge in [0.1, 0.15) is 0 Å². The quantitative estimate of drug-likeness (QED) is 0.443. The van der Waals surface area contributed by atoms with Crippen LogP contribution in [0, 0.1) is 0 Å². The lowest BCUT2D eigenvalue weighted by Crippen LogP contribution is -2.37. The second-order valence-corrected chi connectivity index (χ2v) is 9.38. The van der Waals surface area contributed by atoms with Crippen molar-refractivity contribution in [3.8, 4) is 0 Å². The first-order chi connectivity index (χ1) is 11.2. The predicted octanol–water partition coefficient (Wildman–Crippen LogP) is 5.22. The van der Waals surface area contributed by atoms with Crippen molar-refractivity contribution in [1.82, 2.24) is 5.32 Å². The zero-order valence-electron chi connectivity index (χ0n) is 13.5. The summed E-state index contributed by atoms with van der Waals surface area (Å²) in [7, 11) is -3.72. The second-order valence-electron chi connectivity index (χ2n) is 4.99. The van der Waals surface area contributed by atoms with Crippen LogP contribution in [0.3, 0.4) is 0 Å². The van der Waals surface area contributed by atoms with Crippen LogP contribution < -0.4 is 5.32 Å². The molecule has 0 heterocycles. The first-order valence-corrected chi connectivity index (χ1v) is 10.3. The summed E-state index contributed by atoms with van der Waals surface area (Å²) in [4.78, 5) is 12.1. The number of carbonyl (C=O) groups is 1. The van der Waals surface area contributed by atoms with Crippen molar-refractivity contribution in [3.63, 3.8) is 0 Å². The first kappa shape index (κ1) is 21.8. The Kier molecular flexibility index (Phi) is 9.07. The van der Waals surface area contributed by atoms with Crippen LogP contribution >= 0.6 is 42.4 Å². The van der Waals surface area contributed by atoms with E-state index in [1.54, 1.807) is 30.3 Å². The third-order valence-electron chi connectivity index (χ3n) is 2.91. The molecule has 0 saturated carbocycles. The molecule has 0 aliphatic rings. The molecule has 1 amide bonds. The molecule has 1 aromatic carbocycles. The summed E-state index contributed by atoms with van der Waals surface area (Å²) < 4.78 is 22.1. The van der Waals surface area contributed by atoms with Crippen molar-refractivity contribution in [2.45, 2.75) is 36.3 Å². The molecule has 1 aromatic rings. The summed E-state index contributed by atoms with van der Waals surface area (Å²) in [5, 5.41) is 2.48. The highest BCUT2D eigenvalue weighted by atomic mass is 35.6. The number of halogens is 3. The van der Waals surface area contributed by atoms with Gasteiger partial charge in [0.2, 0.25) is 0 Å². The van der Waals surface area contributed by atoms with Crippen molar-refractivity contribution < 1.29 is 18.4 Å². The highest BCUT2D eigenvalue weighted by Crippen LogP contribution is 2.60. The van der Waals surface area contributed by atoms with Crippen LogP contribution in [0.2, 0.25) is 0 Å². The Morgan fingerprint density at radius 1 is 1.12 bits per heavy atom. The average Bonchev–Trinajstić information content (AvgIpc) is 2.55. The van der Waals surface area contributed by atoms with E-state index in [2.05, 4.69) is 5.32 Å². The van der Waals surface area contributed by atoms with E-state index in [1.807, 2.05) is 13.8 Å². The molecule has 0 fully saturated rings. The van der Waals surface area contributed by atoms with Gasteiger partial charge in [0.15, 0.2) is 5.78 Å². The fourth-order valence-electron chi connectivity index (χ4n) is 1.81. The van der Waals surface area contributed by atoms with Crippen LogP contribution in [0.15, 0.2) is 30.3 Å². The van der Waals surface area contributed by atoms with Crippen LogP contribution in [-0.4, -0.2) is 22.9 Å². The van der Waals surface area contributed by atoms with Crippen LogP contribution in [0.1, 0.15) is 38.0 Å². The Morgan fingerprint density at radius 3 is 2.04 bits per heavy atom. The summed E-state index contributed by atoms with van der Waals surface area (Å²) in [6, 6.07) is 8.67. The molecule has 0 aliphatic carbocycles. The van der Waals surface area contributed by atoms with Crippen molar-refractivity contribution in [2.75, 3.05) is 13.2 Å². The highest BCUT2D eigenvalue weighted by Gasteiger charge is 2.42. The van der Waals surface area contributed by atoms with Gasteiger partial charge in [-0.3, -0.25) is 9.36 Å². The van der Waals surface area contributed by atoms with Crippen LogP contribution in [0.4, 0.5) is 0 Å². The molecule has 136 valence electrons. The molecule has 0 aliphatic heterocycles. The van der Waals surface area contributed by atoms with Gasteiger partial charge in [-0.05, 0) is 18.4 Å². The van der Waals surface area contributed by atoms with Gasteiger partial charge >= 0.3 is 7.60 Å². The van der Waals surface area contributed by atoms with Crippen LogP contribution in [0.5, 0.6) is 0 Å². The van der Waals surface area contributed by atoms with Gasteiger partial charge in [0.05, 0.1) is 13.2 Å². The number of carbonyl (C=O) groups excluding carboxylic acids is 1. The molecule has 0 unspecified atom stereocenters. The lowest BCUT2D eigenvalue weighted by molar-refractivity contribution is -0.120. The third-order valence-corrected chi connectivity index (χ3v) is 5.57. The molecule has 0 aromatic heterocycles. The van der Waals surface area contributed by atoms with Gasteiger partial charge in [-0.1, -0.05) is 79.0 Å². The summed E-state index contributed by atoms with van der Waals surface area (Å²) >= 11 is 16.9. The molecule has 1 atom stereocenters. The number of amides is 1. The zero-order chi connectivity index (χ0) is 18.2. The largest absolute Gasteiger partial charge is 0.357 e. The summed E-state index contributed by atoms with van der Waals surface area (Å²) in [6.45, 7) is 4.19. The number of alkyl halides is 3. The monoisotopic (exact) mass is 415 g/mol. The van der Waals surface area contributed by atoms with E-state index in [-0.39, 0.29) is 13.2 Å². The van der Waals surface area contributed by atoms with Gasteiger partial charge in [-0.25, -0.2) is 0 Å². The normalized spacial score (nSPS) is 13.5.